The Labute approximate surface area is 159 Å². The maximum atomic E-state index is 11.7. The number of imidazole rings is 1. The molecule has 1 amide bonds. The van der Waals surface area contributed by atoms with Gasteiger partial charge in [-0.25, -0.2) is 9.78 Å². The lowest BCUT2D eigenvalue weighted by Gasteiger charge is -2.31. The smallest absolute Gasteiger partial charge is 0.408 e. The van der Waals surface area contributed by atoms with E-state index in [-0.39, 0.29) is 12.1 Å². The van der Waals surface area contributed by atoms with Crippen LogP contribution in [0.4, 0.5) is 4.79 Å². The average molecular weight is 412 g/mol. The molecule has 2 aromatic carbocycles. The molecule has 3 atom stereocenters. The van der Waals surface area contributed by atoms with Crippen molar-refractivity contribution in [2.75, 3.05) is 0 Å². The summed E-state index contributed by atoms with van der Waals surface area (Å²) in [5, 5.41) is 11.9. The van der Waals surface area contributed by atoms with E-state index in [0.717, 1.165) is 46.2 Å². The van der Waals surface area contributed by atoms with Crippen LogP contribution in [0.25, 0.3) is 22.0 Å². The van der Waals surface area contributed by atoms with Crippen LogP contribution in [0.5, 0.6) is 0 Å². The molecule has 0 spiro atoms. The summed E-state index contributed by atoms with van der Waals surface area (Å²) in [6.45, 7) is 0. The number of aromatic amines is 1. The Balaban J connectivity index is 1.50. The van der Waals surface area contributed by atoms with Crippen LogP contribution in [-0.2, 0) is 0 Å². The lowest BCUT2D eigenvalue weighted by molar-refractivity contribution is 0.0992. The first-order valence-electron chi connectivity index (χ1n) is 8.86. The third-order valence-corrected chi connectivity index (χ3v) is 6.29. The third-order valence-electron chi connectivity index (χ3n) is 5.79. The molecule has 1 aliphatic heterocycles. The van der Waals surface area contributed by atoms with Gasteiger partial charge in [0.1, 0.15) is 5.82 Å². The van der Waals surface area contributed by atoms with Gasteiger partial charge in [0, 0.05) is 16.1 Å². The lowest BCUT2D eigenvalue weighted by Crippen LogP contribution is -2.39. The minimum absolute atomic E-state index is 0.142. The van der Waals surface area contributed by atoms with Crippen LogP contribution in [0.2, 0.25) is 0 Å². The summed E-state index contributed by atoms with van der Waals surface area (Å²) in [6, 6.07) is 12.5. The minimum Gasteiger partial charge on any atom is -0.465 e. The van der Waals surface area contributed by atoms with Gasteiger partial charge in [0.2, 0.25) is 0 Å². The quantitative estimate of drug-likeness (QED) is 0.608. The standard InChI is InChI=1S/C20H18BrN3O2/c21-15-5-3-11-7-13(2-1-12(11)8-15)17-10-22-19(23-17)18-14-4-6-16(9-14)24(18)20(25)26/h1-3,5,7-8,10,14,16,18H,4,6,9H2,(H,22,23)(H,25,26). The molecule has 1 aliphatic carbocycles. The number of piperidine rings is 1. The molecule has 3 unspecified atom stereocenters. The van der Waals surface area contributed by atoms with Crippen LogP contribution in [0, 0.1) is 5.92 Å². The Morgan fingerprint density at radius 3 is 2.85 bits per heavy atom. The highest BCUT2D eigenvalue weighted by atomic mass is 79.9. The minimum atomic E-state index is -0.837. The molecule has 2 bridgehead atoms. The number of rotatable bonds is 2. The zero-order chi connectivity index (χ0) is 17.8. The second-order valence-corrected chi connectivity index (χ2v) is 8.17. The first-order chi connectivity index (χ1) is 12.6. The summed E-state index contributed by atoms with van der Waals surface area (Å²) < 4.78 is 1.06. The van der Waals surface area contributed by atoms with Gasteiger partial charge in [-0.05, 0) is 54.2 Å². The fourth-order valence-electron chi connectivity index (χ4n) is 4.63. The van der Waals surface area contributed by atoms with Gasteiger partial charge in [-0.1, -0.05) is 34.1 Å². The van der Waals surface area contributed by atoms with Crippen LogP contribution in [0.3, 0.4) is 0 Å². The number of hydrogen-bond acceptors (Lipinski definition) is 2. The molecule has 3 aromatic rings. The Morgan fingerprint density at radius 1 is 1.19 bits per heavy atom. The molecule has 1 saturated carbocycles. The second kappa shape index (κ2) is 5.84. The molecule has 2 fully saturated rings. The molecule has 1 aromatic heterocycles. The number of H-pyrrole nitrogens is 1. The van der Waals surface area contributed by atoms with Crippen molar-refractivity contribution < 1.29 is 9.90 Å². The Kier molecular flexibility index (Phi) is 3.57. The fraction of sp³-hybridized carbons (Fsp3) is 0.300. The molecule has 132 valence electrons. The maximum Gasteiger partial charge on any atom is 0.408 e. The van der Waals surface area contributed by atoms with Crippen molar-refractivity contribution >= 4 is 32.8 Å². The molecular formula is C20H18BrN3O2. The average Bonchev–Trinajstić information content (AvgIpc) is 3.36. The van der Waals surface area contributed by atoms with Crippen molar-refractivity contribution in [3.8, 4) is 11.3 Å². The molecular weight excluding hydrogens is 394 g/mol. The van der Waals surface area contributed by atoms with Gasteiger partial charge in [-0.3, -0.25) is 4.90 Å². The van der Waals surface area contributed by atoms with Crippen molar-refractivity contribution in [2.45, 2.75) is 31.3 Å². The number of nitrogens with zero attached hydrogens (tertiary/aromatic N) is 2. The summed E-state index contributed by atoms with van der Waals surface area (Å²) in [4.78, 5) is 21.3. The zero-order valence-electron chi connectivity index (χ0n) is 14.0. The van der Waals surface area contributed by atoms with Crippen LogP contribution < -0.4 is 0 Å². The number of hydrogen-bond donors (Lipinski definition) is 2. The fourth-order valence-corrected chi connectivity index (χ4v) is 5.01. The molecule has 26 heavy (non-hydrogen) atoms. The van der Waals surface area contributed by atoms with Gasteiger partial charge in [0.05, 0.1) is 17.9 Å². The molecule has 6 heteroatoms. The monoisotopic (exact) mass is 411 g/mol. The van der Waals surface area contributed by atoms with Crippen molar-refractivity contribution in [1.82, 2.24) is 14.9 Å². The number of carbonyl (C=O) groups is 1. The Morgan fingerprint density at radius 2 is 2.00 bits per heavy atom. The number of fused-ring (bicyclic) bond motifs is 3. The highest BCUT2D eigenvalue weighted by molar-refractivity contribution is 9.10. The molecule has 5 nitrogen and oxygen atoms in total. The number of likely N-dealkylation sites (tertiary alicyclic amines) is 1. The summed E-state index contributed by atoms with van der Waals surface area (Å²) in [5.74, 6) is 1.15. The number of amides is 1. The SMILES string of the molecule is O=C(O)N1C2CCC(C2)C1c1ncc(-c2ccc3cc(Br)ccc3c2)[nH]1. The van der Waals surface area contributed by atoms with E-state index in [4.69, 9.17) is 0 Å². The number of aromatic nitrogens is 2. The summed E-state index contributed by atoms with van der Waals surface area (Å²) >= 11 is 3.50. The number of nitrogens with one attached hydrogen (secondary N) is 1. The highest BCUT2D eigenvalue weighted by Crippen LogP contribution is 2.49. The van der Waals surface area contributed by atoms with Crippen molar-refractivity contribution in [2.24, 2.45) is 5.92 Å². The van der Waals surface area contributed by atoms with Crippen LogP contribution in [0.1, 0.15) is 31.1 Å². The van der Waals surface area contributed by atoms with Crippen LogP contribution in [-0.4, -0.2) is 32.1 Å². The Hall–Kier alpha value is -2.34. The molecule has 5 rings (SSSR count). The van der Waals surface area contributed by atoms with E-state index in [1.807, 2.05) is 12.3 Å². The molecule has 2 N–H and O–H groups in total. The van der Waals surface area contributed by atoms with Gasteiger partial charge in [0.15, 0.2) is 0 Å². The highest BCUT2D eigenvalue weighted by Gasteiger charge is 2.50. The summed E-state index contributed by atoms with van der Waals surface area (Å²) in [5.41, 5.74) is 1.99. The van der Waals surface area contributed by atoms with Gasteiger partial charge >= 0.3 is 6.09 Å². The van der Waals surface area contributed by atoms with E-state index in [2.05, 4.69) is 56.2 Å². The first-order valence-corrected chi connectivity index (χ1v) is 9.65. The van der Waals surface area contributed by atoms with E-state index in [1.54, 1.807) is 4.90 Å². The van der Waals surface area contributed by atoms with Crippen molar-refractivity contribution in [3.05, 3.63) is 52.9 Å². The van der Waals surface area contributed by atoms with Gasteiger partial charge < -0.3 is 10.1 Å². The van der Waals surface area contributed by atoms with E-state index in [1.165, 1.54) is 5.39 Å². The van der Waals surface area contributed by atoms with E-state index in [0.29, 0.717) is 5.92 Å². The van der Waals surface area contributed by atoms with Crippen molar-refractivity contribution in [3.63, 3.8) is 0 Å². The zero-order valence-corrected chi connectivity index (χ0v) is 15.6. The number of halogens is 1. The lowest BCUT2D eigenvalue weighted by atomic mass is 9.98. The summed E-state index contributed by atoms with van der Waals surface area (Å²) in [6.07, 6.45) is 4.00. The Bertz CT molecular complexity index is 1020. The van der Waals surface area contributed by atoms with Crippen molar-refractivity contribution in [1.29, 1.82) is 0 Å². The van der Waals surface area contributed by atoms with Crippen LogP contribution in [0.15, 0.2) is 47.1 Å². The number of carboxylic acid groups (broad SMARTS) is 1. The predicted molar refractivity (Wildman–Crippen MR) is 103 cm³/mol. The van der Waals surface area contributed by atoms with Gasteiger partial charge in [0.25, 0.3) is 0 Å². The topological polar surface area (TPSA) is 69.2 Å². The molecule has 2 aliphatic rings. The van der Waals surface area contributed by atoms with E-state index in [9.17, 15) is 9.90 Å². The summed E-state index contributed by atoms with van der Waals surface area (Å²) in [7, 11) is 0. The van der Waals surface area contributed by atoms with E-state index < -0.39 is 6.09 Å². The van der Waals surface area contributed by atoms with Crippen LogP contribution >= 0.6 is 15.9 Å². The molecule has 2 heterocycles. The van der Waals surface area contributed by atoms with E-state index >= 15 is 0 Å². The third kappa shape index (κ3) is 2.43. The first kappa shape index (κ1) is 15.9. The number of benzene rings is 2. The maximum absolute atomic E-state index is 11.7. The predicted octanol–water partition coefficient (Wildman–Crippen LogP) is 5.20. The second-order valence-electron chi connectivity index (χ2n) is 7.25. The largest absolute Gasteiger partial charge is 0.465 e. The molecule has 1 saturated heterocycles. The van der Waals surface area contributed by atoms with Gasteiger partial charge in [-0.2, -0.15) is 0 Å². The normalized spacial score (nSPS) is 24.5. The van der Waals surface area contributed by atoms with Gasteiger partial charge in [-0.15, -0.1) is 0 Å². The molecule has 0 radical (unpaired) electrons.